The Morgan fingerprint density at radius 1 is 1.20 bits per heavy atom. The normalized spacial score (nSPS) is 13.1. The van der Waals surface area contributed by atoms with Crippen molar-refractivity contribution in [2.45, 2.75) is 31.7 Å². The molecule has 0 radical (unpaired) electrons. The quantitative estimate of drug-likeness (QED) is 0.121. The lowest BCUT2D eigenvalue weighted by atomic mass is 10.1. The van der Waals surface area contributed by atoms with E-state index >= 15 is 0 Å². The molecule has 0 amide bonds. The third-order valence-corrected chi connectivity index (χ3v) is 7.39. The van der Waals surface area contributed by atoms with Gasteiger partial charge in [0.25, 0.3) is 10.1 Å². The second kappa shape index (κ2) is 10.5. The van der Waals surface area contributed by atoms with E-state index in [0.29, 0.717) is 3.57 Å². The van der Waals surface area contributed by atoms with Crippen molar-refractivity contribution >= 4 is 89.8 Å². The van der Waals surface area contributed by atoms with Gasteiger partial charge in [0.15, 0.2) is 5.60 Å². The van der Waals surface area contributed by atoms with Gasteiger partial charge in [-0.05, 0) is 99.7 Å². The number of esters is 2. The summed E-state index contributed by atoms with van der Waals surface area (Å²) in [6.07, 6.45) is -8.34. The molecule has 1 N–H and O–H groups in total. The Kier molecular flexibility index (Phi) is 9.66. The molecule has 0 aliphatic carbocycles. The highest BCUT2D eigenvalue weighted by atomic mass is 127. The summed E-state index contributed by atoms with van der Waals surface area (Å²) in [4.78, 5) is 24.1. The summed E-state index contributed by atoms with van der Waals surface area (Å²) in [7, 11) is -5.07. The molecule has 0 heterocycles. The molecule has 166 valence electrons. The first kappa shape index (κ1) is 27.6. The zero-order valence-electron chi connectivity index (χ0n) is 15.0. The molecule has 0 spiro atoms. The fraction of sp³-hybridized carbons (Fsp3) is 0.375. The first-order valence-electron chi connectivity index (χ1n) is 7.55. The highest BCUT2D eigenvalue weighted by Crippen LogP contribution is 2.26. The molecular weight excluding hydrogens is 774 g/mol. The van der Waals surface area contributed by atoms with Crippen LogP contribution < -0.4 is 0 Å². The van der Waals surface area contributed by atoms with Gasteiger partial charge in [-0.15, -0.1) is 0 Å². The van der Waals surface area contributed by atoms with Crippen molar-refractivity contribution in [2.75, 3.05) is 5.75 Å². The van der Waals surface area contributed by atoms with Crippen LogP contribution in [0.25, 0.3) is 0 Å². The number of carbonyl (C=O) groups excluding carboxylic acids is 2. The van der Waals surface area contributed by atoms with Gasteiger partial charge in [-0.3, -0.25) is 4.55 Å². The number of rotatable bonds is 5. The second-order valence-electron chi connectivity index (χ2n) is 6.08. The molecule has 1 rings (SSSR count). The summed E-state index contributed by atoms with van der Waals surface area (Å²) in [6, 6.07) is 3.41. The zero-order valence-corrected chi connectivity index (χ0v) is 22.3. The Morgan fingerprint density at radius 3 is 2.27 bits per heavy atom. The Morgan fingerprint density at radius 2 is 1.77 bits per heavy atom. The average Bonchev–Trinajstić information content (AvgIpc) is 2.53. The number of alkyl halides is 3. The smallest absolute Gasteiger partial charge is 0.426 e. The van der Waals surface area contributed by atoms with Crippen molar-refractivity contribution in [3.05, 3.63) is 28.4 Å². The number of ether oxygens (including phenoxy) is 2. The molecular formula is C16H12F3I3O7S. The zero-order chi connectivity index (χ0) is 23.5. The summed E-state index contributed by atoms with van der Waals surface area (Å²) in [5, 5.41) is 0. The Balaban J connectivity index is 2.97. The highest BCUT2D eigenvalue weighted by molar-refractivity contribution is 14.1. The van der Waals surface area contributed by atoms with Crippen LogP contribution in [-0.2, 0) is 24.4 Å². The number of hydrogen-bond acceptors (Lipinski definition) is 6. The van der Waals surface area contributed by atoms with Crippen LogP contribution in [-0.4, -0.2) is 48.5 Å². The van der Waals surface area contributed by atoms with Gasteiger partial charge in [-0.25, -0.2) is 9.59 Å². The highest BCUT2D eigenvalue weighted by Gasteiger charge is 2.45. The van der Waals surface area contributed by atoms with Crippen molar-refractivity contribution in [3.63, 3.8) is 0 Å². The molecule has 0 aliphatic rings. The minimum Gasteiger partial charge on any atom is -0.443 e. The van der Waals surface area contributed by atoms with Crippen molar-refractivity contribution in [2.24, 2.45) is 0 Å². The number of halogens is 6. The van der Waals surface area contributed by atoms with E-state index in [1.807, 2.05) is 73.8 Å². The lowest BCUT2D eigenvalue weighted by Crippen LogP contribution is -2.39. The van der Waals surface area contributed by atoms with E-state index in [1.165, 1.54) is 13.8 Å². The lowest BCUT2D eigenvalue weighted by molar-refractivity contribution is -0.211. The van der Waals surface area contributed by atoms with Gasteiger partial charge in [0.1, 0.15) is 5.75 Å². The molecule has 1 unspecified atom stereocenters. The lowest BCUT2D eigenvalue weighted by Gasteiger charge is -2.20. The number of benzene rings is 1. The fourth-order valence-corrected chi connectivity index (χ4v) is 4.78. The molecule has 1 aromatic rings. The first-order valence-corrected chi connectivity index (χ1v) is 12.4. The third-order valence-electron chi connectivity index (χ3n) is 3.00. The van der Waals surface area contributed by atoms with Gasteiger partial charge in [0, 0.05) is 16.6 Å². The summed E-state index contributed by atoms with van der Waals surface area (Å²) in [5.41, 5.74) is -1.34. The maximum atomic E-state index is 12.8. The molecule has 7 nitrogen and oxygen atoms in total. The van der Waals surface area contributed by atoms with Gasteiger partial charge in [0.2, 0.25) is 6.10 Å². The standard InChI is InChI=1S/C16H12F3I3O7S/c1-15(2,29-14(24)9-5-8(20)6-10(21)13(9)22)4-3-12(23)28-11(16(17,18)19)7-30(25,26)27/h5-6,11H,7H2,1-2H3,(H,25,26,27). The van der Waals surface area contributed by atoms with Gasteiger partial charge in [-0.1, -0.05) is 0 Å². The van der Waals surface area contributed by atoms with E-state index in [4.69, 9.17) is 9.29 Å². The predicted molar refractivity (Wildman–Crippen MR) is 124 cm³/mol. The summed E-state index contributed by atoms with van der Waals surface area (Å²) < 4.78 is 79.7. The van der Waals surface area contributed by atoms with Crippen molar-refractivity contribution in [1.82, 2.24) is 0 Å². The van der Waals surface area contributed by atoms with Crippen LogP contribution in [0.1, 0.15) is 24.2 Å². The largest absolute Gasteiger partial charge is 0.443 e. The Hall–Kier alpha value is -0.390. The van der Waals surface area contributed by atoms with E-state index in [0.717, 1.165) is 7.14 Å². The predicted octanol–water partition coefficient (Wildman–Crippen LogP) is 3.80. The van der Waals surface area contributed by atoms with E-state index < -0.39 is 45.7 Å². The summed E-state index contributed by atoms with van der Waals surface area (Å²) in [6.45, 7) is 2.60. The minimum absolute atomic E-state index is 0.245. The number of carbonyl (C=O) groups is 2. The van der Waals surface area contributed by atoms with Crippen LogP contribution in [0.2, 0.25) is 0 Å². The fourth-order valence-electron chi connectivity index (χ4n) is 1.76. The molecule has 0 fully saturated rings. The van der Waals surface area contributed by atoms with Gasteiger partial charge >= 0.3 is 18.1 Å². The second-order valence-corrected chi connectivity index (χ2v) is 11.1. The molecule has 30 heavy (non-hydrogen) atoms. The van der Waals surface area contributed by atoms with Crippen LogP contribution >= 0.6 is 67.8 Å². The molecule has 0 saturated heterocycles. The van der Waals surface area contributed by atoms with Crippen molar-refractivity contribution in [1.29, 1.82) is 0 Å². The SMILES string of the molecule is CC(C)(C#CC(=O)OC(CS(=O)(=O)O)C(F)(F)F)OC(=O)c1cc(I)cc(I)c1I. The summed E-state index contributed by atoms with van der Waals surface area (Å²) >= 11 is 6.00. The van der Waals surface area contributed by atoms with Crippen LogP contribution in [0.3, 0.4) is 0 Å². The van der Waals surface area contributed by atoms with Crippen LogP contribution in [0.4, 0.5) is 13.2 Å². The maximum absolute atomic E-state index is 12.8. The van der Waals surface area contributed by atoms with E-state index in [2.05, 4.69) is 10.7 Å². The Bertz CT molecular complexity index is 1010. The topological polar surface area (TPSA) is 107 Å². The van der Waals surface area contributed by atoms with Gasteiger partial charge in [-0.2, -0.15) is 21.6 Å². The third kappa shape index (κ3) is 9.40. The molecule has 1 atom stereocenters. The minimum atomic E-state index is -5.24. The molecule has 14 heteroatoms. The first-order chi connectivity index (χ1) is 13.4. The monoisotopic (exact) mass is 786 g/mol. The van der Waals surface area contributed by atoms with Crippen LogP contribution in [0.15, 0.2) is 12.1 Å². The van der Waals surface area contributed by atoms with Crippen molar-refractivity contribution < 1.29 is 45.2 Å². The average molecular weight is 786 g/mol. The number of hydrogen-bond donors (Lipinski definition) is 1. The summed E-state index contributed by atoms with van der Waals surface area (Å²) in [5.74, 6) is -0.425. The van der Waals surface area contributed by atoms with Gasteiger partial charge < -0.3 is 9.47 Å². The molecule has 0 aromatic heterocycles. The molecule has 0 bridgehead atoms. The Labute approximate surface area is 211 Å². The van der Waals surface area contributed by atoms with Crippen LogP contribution in [0, 0.1) is 22.6 Å². The molecule has 0 aliphatic heterocycles. The van der Waals surface area contributed by atoms with E-state index in [9.17, 15) is 31.2 Å². The van der Waals surface area contributed by atoms with E-state index in [1.54, 1.807) is 12.0 Å². The van der Waals surface area contributed by atoms with Gasteiger partial charge in [0.05, 0.1) is 5.56 Å². The molecule has 0 saturated carbocycles. The maximum Gasteiger partial charge on any atom is 0.426 e. The van der Waals surface area contributed by atoms with Crippen molar-refractivity contribution in [3.8, 4) is 11.8 Å². The van der Waals surface area contributed by atoms with Crippen LogP contribution in [0.5, 0.6) is 0 Å². The van der Waals surface area contributed by atoms with E-state index in [-0.39, 0.29) is 5.56 Å². The molecule has 1 aromatic carbocycles.